The highest BCUT2D eigenvalue weighted by Crippen LogP contribution is 2.28. The van der Waals surface area contributed by atoms with Crippen molar-refractivity contribution in [1.82, 2.24) is 4.90 Å². The van der Waals surface area contributed by atoms with Crippen molar-refractivity contribution in [2.45, 2.75) is 0 Å². The summed E-state index contributed by atoms with van der Waals surface area (Å²) < 4.78 is 0. The zero-order chi connectivity index (χ0) is 12.4. The van der Waals surface area contributed by atoms with Crippen LogP contribution in [0.15, 0.2) is 48.2 Å². The van der Waals surface area contributed by atoms with E-state index in [1.54, 1.807) is 0 Å². The summed E-state index contributed by atoms with van der Waals surface area (Å²) in [5, 5.41) is 0. The van der Waals surface area contributed by atoms with Crippen molar-refractivity contribution >= 4 is 22.9 Å². The molecule has 88 valence electrons. The summed E-state index contributed by atoms with van der Waals surface area (Å²) in [5.74, 6) is 0. The molecule has 0 saturated carbocycles. The zero-order valence-corrected chi connectivity index (χ0v) is 11.2. The molecule has 0 saturated heterocycles. The van der Waals surface area contributed by atoms with Gasteiger partial charge in [-0.3, -0.25) is 0 Å². The standard InChI is InChI=1S/C14H16N2S/c1-15(2)10-12-9-13(16(3)14(12)17)11-7-5-4-6-8-11/h4-10H,1-3H3/p+1. The number of benzene rings is 1. The summed E-state index contributed by atoms with van der Waals surface area (Å²) in [7, 11) is 6.20. The van der Waals surface area contributed by atoms with E-state index in [4.69, 9.17) is 12.2 Å². The van der Waals surface area contributed by atoms with Gasteiger partial charge in [0.15, 0.2) is 0 Å². The van der Waals surface area contributed by atoms with Crippen molar-refractivity contribution < 1.29 is 4.90 Å². The Morgan fingerprint density at radius 1 is 1.18 bits per heavy atom. The lowest BCUT2D eigenvalue weighted by atomic mass is 10.1. The summed E-state index contributed by atoms with van der Waals surface area (Å²) in [6.45, 7) is 0. The molecule has 1 aliphatic rings. The van der Waals surface area contributed by atoms with E-state index in [1.807, 2.05) is 25.2 Å². The van der Waals surface area contributed by atoms with E-state index < -0.39 is 0 Å². The van der Waals surface area contributed by atoms with Crippen LogP contribution in [0.25, 0.3) is 5.70 Å². The molecule has 0 radical (unpaired) electrons. The number of likely N-dealkylation sites (N-methyl/N-ethyl adjacent to an activating group) is 1. The molecule has 3 heteroatoms. The average molecular weight is 245 g/mol. The van der Waals surface area contributed by atoms with Gasteiger partial charge in [0.2, 0.25) is 0 Å². The topological polar surface area (TPSA) is 7.68 Å². The van der Waals surface area contributed by atoms with E-state index in [1.165, 1.54) is 16.2 Å². The molecule has 0 aromatic heterocycles. The minimum absolute atomic E-state index is 0.894. The SMILES string of the molecule is CN1C(=S)C(=C[NH+](C)C)C=C1c1ccccc1. The van der Waals surface area contributed by atoms with E-state index in [9.17, 15) is 0 Å². The van der Waals surface area contributed by atoms with Crippen LogP contribution in [0.2, 0.25) is 0 Å². The summed E-state index contributed by atoms with van der Waals surface area (Å²) >= 11 is 5.45. The van der Waals surface area contributed by atoms with Crippen LogP contribution in [0.3, 0.4) is 0 Å². The second-order valence-electron chi connectivity index (χ2n) is 4.44. The van der Waals surface area contributed by atoms with Crippen LogP contribution >= 0.6 is 12.2 Å². The first-order valence-corrected chi connectivity index (χ1v) is 6.07. The van der Waals surface area contributed by atoms with Crippen molar-refractivity contribution in [3.63, 3.8) is 0 Å². The van der Waals surface area contributed by atoms with E-state index >= 15 is 0 Å². The Hall–Kier alpha value is -1.45. The maximum Gasteiger partial charge on any atom is 0.118 e. The lowest BCUT2D eigenvalue weighted by Crippen LogP contribution is -3.00. The highest BCUT2D eigenvalue weighted by molar-refractivity contribution is 7.80. The third-order valence-corrected chi connectivity index (χ3v) is 3.23. The van der Waals surface area contributed by atoms with Crippen LogP contribution in [0, 0.1) is 0 Å². The molecular formula is C14H17N2S+. The van der Waals surface area contributed by atoms with Crippen LogP contribution in [0.1, 0.15) is 5.56 Å². The highest BCUT2D eigenvalue weighted by atomic mass is 32.1. The molecule has 1 N–H and O–H groups in total. The molecule has 0 spiro atoms. The van der Waals surface area contributed by atoms with Gasteiger partial charge < -0.3 is 9.80 Å². The number of rotatable bonds is 2. The van der Waals surface area contributed by atoms with E-state index in [0.717, 1.165) is 10.6 Å². The Balaban J connectivity index is 2.40. The number of nitrogens with one attached hydrogen (secondary N) is 1. The predicted octanol–water partition coefficient (Wildman–Crippen LogP) is 1.33. The smallest absolute Gasteiger partial charge is 0.118 e. The number of nitrogens with zero attached hydrogens (tertiary/aromatic N) is 1. The van der Waals surface area contributed by atoms with Gasteiger partial charge in [0.25, 0.3) is 0 Å². The molecule has 0 aliphatic carbocycles. The predicted molar refractivity (Wildman–Crippen MR) is 75.7 cm³/mol. The molecule has 1 aromatic rings. The lowest BCUT2D eigenvalue weighted by molar-refractivity contribution is -0.801. The fourth-order valence-electron chi connectivity index (χ4n) is 1.91. The fourth-order valence-corrected chi connectivity index (χ4v) is 2.13. The first-order valence-electron chi connectivity index (χ1n) is 5.66. The molecule has 0 bridgehead atoms. The minimum Gasteiger partial charge on any atom is -0.335 e. The van der Waals surface area contributed by atoms with Crippen LogP contribution in [0.4, 0.5) is 0 Å². The van der Waals surface area contributed by atoms with Crippen LogP contribution in [-0.2, 0) is 0 Å². The number of hydrogen-bond acceptors (Lipinski definition) is 1. The van der Waals surface area contributed by atoms with Crippen molar-refractivity contribution in [3.8, 4) is 0 Å². The van der Waals surface area contributed by atoms with Gasteiger partial charge in [-0.25, -0.2) is 0 Å². The van der Waals surface area contributed by atoms with Crippen molar-refractivity contribution in [2.75, 3.05) is 21.1 Å². The number of hydrogen-bond donors (Lipinski definition) is 1. The van der Waals surface area contributed by atoms with Gasteiger partial charge in [-0.2, -0.15) is 0 Å². The van der Waals surface area contributed by atoms with Gasteiger partial charge in [0.1, 0.15) is 11.2 Å². The average Bonchev–Trinajstić information content (AvgIpc) is 2.58. The molecule has 0 atom stereocenters. The lowest BCUT2D eigenvalue weighted by Gasteiger charge is -2.16. The number of quaternary nitrogens is 1. The minimum atomic E-state index is 0.894. The van der Waals surface area contributed by atoms with Crippen molar-refractivity contribution in [3.05, 3.63) is 53.7 Å². The van der Waals surface area contributed by atoms with Gasteiger partial charge in [-0.05, 0) is 11.6 Å². The van der Waals surface area contributed by atoms with E-state index in [2.05, 4.69) is 43.4 Å². The van der Waals surface area contributed by atoms with Gasteiger partial charge in [-0.15, -0.1) is 0 Å². The Kier molecular flexibility index (Phi) is 3.41. The maximum atomic E-state index is 5.45. The monoisotopic (exact) mass is 245 g/mol. The van der Waals surface area contributed by atoms with Gasteiger partial charge >= 0.3 is 0 Å². The molecular weight excluding hydrogens is 228 g/mol. The zero-order valence-electron chi connectivity index (χ0n) is 10.4. The maximum absolute atomic E-state index is 5.45. The van der Waals surface area contributed by atoms with Crippen molar-refractivity contribution in [2.24, 2.45) is 0 Å². The fraction of sp³-hybridized carbons (Fsp3) is 0.214. The summed E-state index contributed by atoms with van der Waals surface area (Å²) in [5.41, 5.74) is 3.50. The summed E-state index contributed by atoms with van der Waals surface area (Å²) in [6, 6.07) is 10.3. The normalized spacial score (nSPS) is 18.1. The van der Waals surface area contributed by atoms with Crippen molar-refractivity contribution in [1.29, 1.82) is 0 Å². The first kappa shape index (κ1) is 12.0. The molecule has 0 fully saturated rings. The third kappa shape index (κ3) is 2.46. The molecule has 17 heavy (non-hydrogen) atoms. The Bertz CT molecular complexity index is 486. The summed E-state index contributed by atoms with van der Waals surface area (Å²) in [4.78, 5) is 4.23. The molecule has 0 amide bonds. The highest BCUT2D eigenvalue weighted by Gasteiger charge is 2.23. The Morgan fingerprint density at radius 3 is 2.41 bits per heavy atom. The molecule has 1 aliphatic heterocycles. The second kappa shape index (κ2) is 4.82. The van der Waals surface area contributed by atoms with Gasteiger partial charge in [0.05, 0.1) is 19.7 Å². The van der Waals surface area contributed by atoms with Crippen LogP contribution < -0.4 is 4.90 Å². The van der Waals surface area contributed by atoms with Crippen LogP contribution in [-0.4, -0.2) is 31.0 Å². The Morgan fingerprint density at radius 2 is 1.82 bits per heavy atom. The first-order chi connectivity index (χ1) is 8.09. The second-order valence-corrected chi connectivity index (χ2v) is 4.82. The molecule has 0 unspecified atom stereocenters. The number of thiocarbonyl (C=S) groups is 1. The Labute approximate surface area is 108 Å². The van der Waals surface area contributed by atoms with Gasteiger partial charge in [-0.1, -0.05) is 42.5 Å². The van der Waals surface area contributed by atoms with E-state index in [0.29, 0.717) is 0 Å². The molecule has 1 aromatic carbocycles. The molecule has 2 nitrogen and oxygen atoms in total. The van der Waals surface area contributed by atoms with Gasteiger partial charge in [0, 0.05) is 12.7 Å². The molecule has 2 rings (SSSR count). The quantitative estimate of drug-likeness (QED) is 0.621. The largest absolute Gasteiger partial charge is 0.335 e. The summed E-state index contributed by atoms with van der Waals surface area (Å²) in [6.07, 6.45) is 4.29. The van der Waals surface area contributed by atoms with E-state index in [-0.39, 0.29) is 0 Å². The molecule has 1 heterocycles. The third-order valence-electron chi connectivity index (χ3n) is 2.72. The van der Waals surface area contributed by atoms with Crippen LogP contribution in [0.5, 0.6) is 0 Å².